The minimum Gasteiger partial charge on any atom is -0.508 e. The fourth-order valence-electron chi connectivity index (χ4n) is 1.84. The molecule has 0 atom stereocenters. The maximum absolute atomic E-state index is 12.0. The number of phenolic OH excluding ortho intramolecular Hbond substituents is 1. The van der Waals surface area contributed by atoms with E-state index in [1.165, 1.54) is 6.07 Å². The predicted molar refractivity (Wildman–Crippen MR) is 78.5 cm³/mol. The van der Waals surface area contributed by atoms with Crippen LogP contribution in [0.25, 0.3) is 0 Å². The Morgan fingerprint density at radius 2 is 1.86 bits per heavy atom. The van der Waals surface area contributed by atoms with Crippen LogP contribution in [0.3, 0.4) is 0 Å². The van der Waals surface area contributed by atoms with Crippen LogP contribution < -0.4 is 10.0 Å². The van der Waals surface area contributed by atoms with Crippen LogP contribution >= 0.6 is 0 Å². The van der Waals surface area contributed by atoms with E-state index in [2.05, 4.69) is 10.0 Å². The lowest BCUT2D eigenvalue weighted by molar-refractivity contribution is 0.404. The predicted octanol–water partition coefficient (Wildman–Crippen LogP) is 1.23. The van der Waals surface area contributed by atoms with Gasteiger partial charge < -0.3 is 14.8 Å². The average Bonchev–Trinajstić information content (AvgIpc) is 2.91. The van der Waals surface area contributed by atoms with Crippen molar-refractivity contribution in [2.45, 2.75) is 18.1 Å². The van der Waals surface area contributed by atoms with Crippen molar-refractivity contribution in [3.63, 3.8) is 0 Å². The van der Waals surface area contributed by atoms with Gasteiger partial charge in [0.2, 0.25) is 5.09 Å². The summed E-state index contributed by atoms with van der Waals surface area (Å²) in [5, 5.41) is 12.0. The first-order valence-electron chi connectivity index (χ1n) is 6.52. The van der Waals surface area contributed by atoms with Crippen molar-refractivity contribution in [3.8, 4) is 5.75 Å². The third-order valence-electron chi connectivity index (χ3n) is 2.89. The lowest BCUT2D eigenvalue weighted by atomic mass is 10.1. The zero-order chi connectivity index (χ0) is 15.3. The second kappa shape index (κ2) is 6.75. The van der Waals surface area contributed by atoms with E-state index in [1.807, 2.05) is 0 Å². The molecule has 0 bridgehead atoms. The van der Waals surface area contributed by atoms with Gasteiger partial charge in [-0.25, -0.2) is 13.1 Å². The monoisotopic (exact) mass is 310 g/mol. The van der Waals surface area contributed by atoms with Crippen LogP contribution in [-0.2, 0) is 23.0 Å². The number of aromatic hydroxyl groups is 1. The molecule has 0 saturated heterocycles. The van der Waals surface area contributed by atoms with Crippen LogP contribution in [0.15, 0.2) is 45.9 Å². The molecular formula is C14H18N2O4S. The molecule has 0 fully saturated rings. The third-order valence-corrected chi connectivity index (χ3v) is 4.23. The summed E-state index contributed by atoms with van der Waals surface area (Å²) in [6.07, 6.45) is 0.531. The van der Waals surface area contributed by atoms with Gasteiger partial charge in [0.15, 0.2) is 0 Å². The third kappa shape index (κ3) is 4.32. The van der Waals surface area contributed by atoms with E-state index in [0.29, 0.717) is 18.7 Å². The molecular weight excluding hydrogens is 292 g/mol. The quantitative estimate of drug-likeness (QED) is 0.715. The van der Waals surface area contributed by atoms with Crippen molar-refractivity contribution in [2.75, 3.05) is 13.6 Å². The molecule has 1 aromatic heterocycles. The molecule has 0 spiro atoms. The van der Waals surface area contributed by atoms with Crippen LogP contribution in [0.5, 0.6) is 5.75 Å². The minimum atomic E-state index is -3.63. The van der Waals surface area contributed by atoms with Gasteiger partial charge in [-0.3, -0.25) is 0 Å². The number of furan rings is 1. The van der Waals surface area contributed by atoms with Crippen molar-refractivity contribution in [1.82, 2.24) is 10.0 Å². The molecule has 3 N–H and O–H groups in total. The van der Waals surface area contributed by atoms with Crippen molar-refractivity contribution in [2.24, 2.45) is 0 Å². The van der Waals surface area contributed by atoms with E-state index in [0.717, 1.165) is 5.56 Å². The van der Waals surface area contributed by atoms with E-state index >= 15 is 0 Å². The average molecular weight is 310 g/mol. The fraction of sp³-hybridized carbons (Fsp3) is 0.286. The summed E-state index contributed by atoms with van der Waals surface area (Å²) in [7, 11) is -1.87. The number of sulfonamides is 1. The Hall–Kier alpha value is -1.83. The maximum Gasteiger partial charge on any atom is 0.273 e. The zero-order valence-corrected chi connectivity index (χ0v) is 12.5. The Morgan fingerprint density at radius 3 is 2.52 bits per heavy atom. The Morgan fingerprint density at radius 1 is 1.14 bits per heavy atom. The fourth-order valence-corrected chi connectivity index (χ4v) is 2.81. The highest BCUT2D eigenvalue weighted by Crippen LogP contribution is 2.14. The van der Waals surface area contributed by atoms with Crippen molar-refractivity contribution < 1.29 is 17.9 Å². The summed E-state index contributed by atoms with van der Waals surface area (Å²) in [6, 6.07) is 9.71. The molecule has 0 aliphatic rings. The smallest absolute Gasteiger partial charge is 0.273 e. The van der Waals surface area contributed by atoms with Crippen LogP contribution in [0, 0.1) is 0 Å². The number of nitrogens with one attached hydrogen (secondary N) is 2. The van der Waals surface area contributed by atoms with Gasteiger partial charge >= 0.3 is 0 Å². The van der Waals surface area contributed by atoms with Gasteiger partial charge in [-0.05, 0) is 43.3 Å². The topological polar surface area (TPSA) is 91.6 Å². The van der Waals surface area contributed by atoms with Gasteiger partial charge in [0.05, 0.1) is 6.54 Å². The molecule has 6 nitrogen and oxygen atoms in total. The van der Waals surface area contributed by atoms with E-state index in [9.17, 15) is 13.5 Å². The van der Waals surface area contributed by atoms with Gasteiger partial charge in [-0.2, -0.15) is 0 Å². The molecule has 7 heteroatoms. The van der Waals surface area contributed by atoms with E-state index in [1.54, 1.807) is 37.4 Å². The maximum atomic E-state index is 12.0. The molecule has 1 aromatic carbocycles. The lowest BCUT2D eigenvalue weighted by Crippen LogP contribution is -2.25. The lowest BCUT2D eigenvalue weighted by Gasteiger charge is -2.05. The summed E-state index contributed by atoms with van der Waals surface area (Å²) in [4.78, 5) is 0. The van der Waals surface area contributed by atoms with Crippen LogP contribution in [-0.4, -0.2) is 27.1 Å². The highest BCUT2D eigenvalue weighted by molar-refractivity contribution is 7.89. The molecule has 0 aliphatic carbocycles. The summed E-state index contributed by atoms with van der Waals surface area (Å²) in [6.45, 7) is 0.734. The molecule has 0 radical (unpaired) electrons. The standard InChI is InChI=1S/C14H18N2O4S/c1-15-10-13-6-7-14(20-13)21(18,19)16-9-8-11-2-4-12(17)5-3-11/h2-7,15-17H,8-10H2,1H3. The van der Waals surface area contributed by atoms with Crippen molar-refractivity contribution in [3.05, 3.63) is 47.7 Å². The van der Waals surface area contributed by atoms with Gasteiger partial charge in [0, 0.05) is 6.54 Å². The number of benzene rings is 1. The Balaban J connectivity index is 1.92. The second-order valence-corrected chi connectivity index (χ2v) is 6.26. The normalized spacial score (nSPS) is 11.7. The van der Waals surface area contributed by atoms with E-state index in [-0.39, 0.29) is 17.4 Å². The molecule has 114 valence electrons. The first-order chi connectivity index (χ1) is 10.0. The number of rotatable bonds is 7. The SMILES string of the molecule is CNCc1ccc(S(=O)(=O)NCCc2ccc(O)cc2)o1. The number of hydrogen-bond acceptors (Lipinski definition) is 5. The van der Waals surface area contributed by atoms with Gasteiger partial charge in [0.25, 0.3) is 10.0 Å². The summed E-state index contributed by atoms with van der Waals surface area (Å²) in [5.41, 5.74) is 0.936. The van der Waals surface area contributed by atoms with Gasteiger partial charge in [0.1, 0.15) is 11.5 Å². The van der Waals surface area contributed by atoms with Crippen molar-refractivity contribution in [1.29, 1.82) is 0 Å². The largest absolute Gasteiger partial charge is 0.508 e. The molecule has 0 aliphatic heterocycles. The molecule has 0 unspecified atom stereocenters. The Labute approximate surface area is 123 Å². The van der Waals surface area contributed by atoms with Crippen LogP contribution in [0.1, 0.15) is 11.3 Å². The molecule has 21 heavy (non-hydrogen) atoms. The Bertz CT molecular complexity index is 677. The zero-order valence-electron chi connectivity index (χ0n) is 11.7. The molecule has 2 rings (SSSR count). The van der Waals surface area contributed by atoms with Gasteiger partial charge in [-0.15, -0.1) is 0 Å². The summed E-state index contributed by atoms with van der Waals surface area (Å²) >= 11 is 0. The summed E-state index contributed by atoms with van der Waals surface area (Å²) in [5.74, 6) is 0.753. The number of hydrogen-bond donors (Lipinski definition) is 3. The van der Waals surface area contributed by atoms with E-state index in [4.69, 9.17) is 4.42 Å². The molecule has 0 amide bonds. The molecule has 2 aromatic rings. The first-order valence-corrected chi connectivity index (χ1v) is 8.00. The summed E-state index contributed by atoms with van der Waals surface area (Å²) < 4.78 is 31.8. The van der Waals surface area contributed by atoms with Crippen LogP contribution in [0.2, 0.25) is 0 Å². The second-order valence-electron chi connectivity index (χ2n) is 4.57. The van der Waals surface area contributed by atoms with Crippen LogP contribution in [0.4, 0.5) is 0 Å². The molecule has 1 heterocycles. The van der Waals surface area contributed by atoms with E-state index < -0.39 is 10.0 Å². The highest BCUT2D eigenvalue weighted by Gasteiger charge is 2.17. The van der Waals surface area contributed by atoms with Gasteiger partial charge in [-0.1, -0.05) is 12.1 Å². The highest BCUT2D eigenvalue weighted by atomic mass is 32.2. The molecule has 0 saturated carbocycles. The number of phenols is 1. The van der Waals surface area contributed by atoms with Crippen molar-refractivity contribution >= 4 is 10.0 Å². The first kappa shape index (κ1) is 15.6. The minimum absolute atomic E-state index is 0.0848. The Kier molecular flexibility index (Phi) is 5.00.